The molecular weight excluding hydrogens is 210 g/mol. The van der Waals surface area contributed by atoms with Crippen LogP contribution in [0.25, 0.3) is 0 Å². The maximum atomic E-state index is 5.38. The topological polar surface area (TPSA) is 21.3 Å². The summed E-state index contributed by atoms with van der Waals surface area (Å²) in [6, 6.07) is 8.52. The first-order valence-corrected chi connectivity index (χ1v) is 6.42. The Morgan fingerprint density at radius 1 is 1.12 bits per heavy atom. The molecule has 0 bridgehead atoms. The van der Waals surface area contributed by atoms with Crippen LogP contribution in [-0.2, 0) is 0 Å². The summed E-state index contributed by atoms with van der Waals surface area (Å²) in [6.07, 6.45) is 0. The van der Waals surface area contributed by atoms with E-state index in [2.05, 4.69) is 45.1 Å². The lowest BCUT2D eigenvalue weighted by Gasteiger charge is -2.21. The molecule has 0 radical (unpaired) electrons. The Morgan fingerprint density at radius 2 is 1.76 bits per heavy atom. The third-order valence-electron chi connectivity index (χ3n) is 3.49. The molecule has 0 spiro atoms. The van der Waals surface area contributed by atoms with Gasteiger partial charge in [0.25, 0.3) is 0 Å². The van der Waals surface area contributed by atoms with E-state index in [0.717, 1.165) is 12.3 Å². The Balaban J connectivity index is 2.60. The Labute approximate surface area is 105 Å². The van der Waals surface area contributed by atoms with Crippen molar-refractivity contribution in [1.82, 2.24) is 5.32 Å². The molecule has 1 aromatic rings. The highest BCUT2D eigenvalue weighted by Gasteiger charge is 2.12. The van der Waals surface area contributed by atoms with E-state index in [1.807, 2.05) is 12.1 Å². The van der Waals surface area contributed by atoms with Crippen molar-refractivity contribution in [3.8, 4) is 5.75 Å². The van der Waals surface area contributed by atoms with Gasteiger partial charge in [-0.3, -0.25) is 0 Å². The summed E-state index contributed by atoms with van der Waals surface area (Å²) in [4.78, 5) is 0. The van der Waals surface area contributed by atoms with E-state index in [9.17, 15) is 0 Å². The van der Waals surface area contributed by atoms with Gasteiger partial charge in [0.15, 0.2) is 0 Å². The summed E-state index contributed by atoms with van der Waals surface area (Å²) in [5, 5.41) is 3.57. The molecule has 2 atom stereocenters. The van der Waals surface area contributed by atoms with Crippen LogP contribution in [-0.4, -0.2) is 13.7 Å². The van der Waals surface area contributed by atoms with Crippen LogP contribution < -0.4 is 10.1 Å². The second-order valence-electron chi connectivity index (χ2n) is 5.09. The number of nitrogens with one attached hydrogen (secondary N) is 1. The van der Waals surface area contributed by atoms with Crippen molar-refractivity contribution in [1.29, 1.82) is 0 Å². The quantitative estimate of drug-likeness (QED) is 0.813. The lowest BCUT2D eigenvalue weighted by Crippen LogP contribution is -2.27. The minimum absolute atomic E-state index is 0.326. The van der Waals surface area contributed by atoms with Gasteiger partial charge < -0.3 is 10.1 Å². The zero-order valence-electron chi connectivity index (χ0n) is 11.7. The highest BCUT2D eigenvalue weighted by atomic mass is 16.5. The molecule has 1 N–H and O–H groups in total. The summed E-state index contributed by atoms with van der Waals surface area (Å²) in [5.74, 6) is 2.37. The molecule has 2 unspecified atom stereocenters. The van der Waals surface area contributed by atoms with Crippen molar-refractivity contribution >= 4 is 0 Å². The zero-order valence-corrected chi connectivity index (χ0v) is 11.7. The Kier molecular flexibility index (Phi) is 5.49. The fraction of sp³-hybridized carbons (Fsp3) is 0.600. The van der Waals surface area contributed by atoms with Crippen molar-refractivity contribution in [2.75, 3.05) is 13.7 Å². The number of methoxy groups -OCH3 is 1. The first-order valence-electron chi connectivity index (χ1n) is 6.42. The monoisotopic (exact) mass is 235 g/mol. The van der Waals surface area contributed by atoms with Gasteiger partial charge in [-0.25, -0.2) is 0 Å². The normalized spacial score (nSPS) is 14.7. The van der Waals surface area contributed by atoms with Crippen molar-refractivity contribution in [2.24, 2.45) is 11.8 Å². The lowest BCUT2D eigenvalue weighted by molar-refractivity contribution is 0.366. The van der Waals surface area contributed by atoms with Crippen LogP contribution >= 0.6 is 0 Å². The summed E-state index contributed by atoms with van der Waals surface area (Å²) in [5.41, 5.74) is 1.23. The Hall–Kier alpha value is -1.02. The SMILES string of the molecule is COc1ccccc1C(C)NCC(C)C(C)C. The second-order valence-corrected chi connectivity index (χ2v) is 5.09. The number of rotatable bonds is 6. The molecule has 1 rings (SSSR count). The van der Waals surface area contributed by atoms with Crippen molar-refractivity contribution in [3.63, 3.8) is 0 Å². The second kappa shape index (κ2) is 6.65. The van der Waals surface area contributed by atoms with Gasteiger partial charge in [-0.15, -0.1) is 0 Å². The van der Waals surface area contributed by atoms with Gasteiger partial charge in [-0.1, -0.05) is 39.0 Å². The minimum atomic E-state index is 0.326. The molecule has 1 aromatic carbocycles. The Bertz CT molecular complexity index is 335. The van der Waals surface area contributed by atoms with Crippen LogP contribution in [0, 0.1) is 11.8 Å². The highest BCUT2D eigenvalue weighted by molar-refractivity contribution is 5.35. The number of hydrogen-bond acceptors (Lipinski definition) is 2. The van der Waals surface area contributed by atoms with Crippen molar-refractivity contribution < 1.29 is 4.74 Å². The average molecular weight is 235 g/mol. The van der Waals surface area contributed by atoms with Gasteiger partial charge in [-0.2, -0.15) is 0 Å². The molecule has 0 heterocycles. The van der Waals surface area contributed by atoms with E-state index in [1.165, 1.54) is 5.56 Å². The van der Waals surface area contributed by atoms with Gasteiger partial charge in [0.2, 0.25) is 0 Å². The number of hydrogen-bond donors (Lipinski definition) is 1. The van der Waals surface area contributed by atoms with E-state index >= 15 is 0 Å². The molecule has 0 saturated heterocycles. The molecule has 17 heavy (non-hydrogen) atoms. The van der Waals surface area contributed by atoms with Crippen molar-refractivity contribution in [2.45, 2.75) is 33.7 Å². The maximum Gasteiger partial charge on any atom is 0.123 e. The molecule has 0 aliphatic rings. The van der Waals surface area contributed by atoms with Crippen LogP contribution in [0.4, 0.5) is 0 Å². The van der Waals surface area contributed by atoms with E-state index in [4.69, 9.17) is 4.74 Å². The molecule has 0 saturated carbocycles. The van der Waals surface area contributed by atoms with E-state index in [-0.39, 0.29) is 0 Å². The molecular formula is C15H25NO. The van der Waals surface area contributed by atoms with E-state index in [1.54, 1.807) is 7.11 Å². The fourth-order valence-corrected chi connectivity index (χ4v) is 1.73. The third-order valence-corrected chi connectivity index (χ3v) is 3.49. The van der Waals surface area contributed by atoms with Gasteiger partial charge in [-0.05, 0) is 31.4 Å². The van der Waals surface area contributed by atoms with E-state index < -0.39 is 0 Å². The predicted molar refractivity (Wildman–Crippen MR) is 73.4 cm³/mol. The van der Waals surface area contributed by atoms with Gasteiger partial charge >= 0.3 is 0 Å². The summed E-state index contributed by atoms with van der Waals surface area (Å²) < 4.78 is 5.38. The fourth-order valence-electron chi connectivity index (χ4n) is 1.73. The first-order chi connectivity index (χ1) is 8.06. The predicted octanol–water partition coefficient (Wildman–Crippen LogP) is 3.64. The molecule has 96 valence electrons. The first kappa shape index (κ1) is 14.0. The van der Waals surface area contributed by atoms with Crippen LogP contribution in [0.1, 0.15) is 39.3 Å². The largest absolute Gasteiger partial charge is 0.496 e. The van der Waals surface area contributed by atoms with Crippen LogP contribution in [0.15, 0.2) is 24.3 Å². The Morgan fingerprint density at radius 3 is 2.35 bits per heavy atom. The number of benzene rings is 1. The van der Waals surface area contributed by atoms with Crippen LogP contribution in [0.5, 0.6) is 5.75 Å². The molecule has 0 fully saturated rings. The standard InChI is InChI=1S/C15H25NO/c1-11(2)12(3)10-16-13(4)14-8-6-7-9-15(14)17-5/h6-9,11-13,16H,10H2,1-5H3. The smallest absolute Gasteiger partial charge is 0.123 e. The molecule has 0 aliphatic carbocycles. The number of ether oxygens (including phenoxy) is 1. The molecule has 2 heteroatoms. The summed E-state index contributed by atoms with van der Waals surface area (Å²) >= 11 is 0. The number of para-hydroxylation sites is 1. The molecule has 0 amide bonds. The highest BCUT2D eigenvalue weighted by Crippen LogP contribution is 2.24. The summed E-state index contributed by atoms with van der Waals surface area (Å²) in [7, 11) is 1.72. The minimum Gasteiger partial charge on any atom is -0.496 e. The molecule has 0 aliphatic heterocycles. The van der Waals surface area contributed by atoms with Gasteiger partial charge in [0.1, 0.15) is 5.75 Å². The lowest BCUT2D eigenvalue weighted by atomic mass is 9.97. The average Bonchev–Trinajstić information content (AvgIpc) is 2.35. The van der Waals surface area contributed by atoms with Crippen LogP contribution in [0.2, 0.25) is 0 Å². The molecule has 0 aromatic heterocycles. The molecule has 2 nitrogen and oxygen atoms in total. The maximum absolute atomic E-state index is 5.38. The van der Waals surface area contributed by atoms with Gasteiger partial charge in [0.05, 0.1) is 7.11 Å². The van der Waals surface area contributed by atoms with Crippen LogP contribution in [0.3, 0.4) is 0 Å². The van der Waals surface area contributed by atoms with E-state index in [0.29, 0.717) is 17.9 Å². The summed E-state index contributed by atoms with van der Waals surface area (Å²) in [6.45, 7) is 10.0. The van der Waals surface area contributed by atoms with Gasteiger partial charge in [0, 0.05) is 11.6 Å². The van der Waals surface area contributed by atoms with Crippen molar-refractivity contribution in [3.05, 3.63) is 29.8 Å². The third kappa shape index (κ3) is 4.04. The zero-order chi connectivity index (χ0) is 12.8.